The van der Waals surface area contributed by atoms with Crippen molar-refractivity contribution in [2.75, 3.05) is 45.3 Å². The molecule has 3 amide bonds. The Labute approximate surface area is 268 Å². The lowest BCUT2D eigenvalue weighted by Crippen LogP contribution is -2.49. The Morgan fingerprint density at radius 1 is 1.00 bits per heavy atom. The highest BCUT2D eigenvalue weighted by Crippen LogP contribution is 2.46. The minimum Gasteiger partial charge on any atom is -0.379 e. The van der Waals surface area contributed by atoms with E-state index in [-0.39, 0.29) is 17.7 Å². The molecule has 46 heavy (non-hydrogen) atoms. The molecule has 2 aromatic heterocycles. The van der Waals surface area contributed by atoms with Crippen molar-refractivity contribution < 1.29 is 23.9 Å². The molecule has 0 saturated heterocycles. The molecule has 1 unspecified atom stereocenters. The second kappa shape index (κ2) is 12.4. The number of allylic oxidation sites excluding steroid dienone is 1. The van der Waals surface area contributed by atoms with Crippen molar-refractivity contribution in [3.8, 4) is 0 Å². The first kappa shape index (κ1) is 30.3. The van der Waals surface area contributed by atoms with Gasteiger partial charge in [-0.15, -0.1) is 0 Å². The third kappa shape index (κ3) is 5.71. The lowest BCUT2D eigenvalue weighted by molar-refractivity contribution is -0.132. The average molecular weight is 622 g/mol. The van der Waals surface area contributed by atoms with E-state index in [9.17, 15) is 14.4 Å². The van der Waals surface area contributed by atoms with Gasteiger partial charge in [0.25, 0.3) is 5.91 Å². The number of ether oxygens (including phenoxy) is 2. The maximum Gasteiger partial charge on any atom is 0.253 e. The number of pyridine rings is 2. The molecular formula is C36H39N5O5. The number of hydrogen-bond donors (Lipinski definition) is 2. The number of carbonyl (C=O) groups is 3. The second-order valence-corrected chi connectivity index (χ2v) is 12.9. The van der Waals surface area contributed by atoms with Gasteiger partial charge in [0.2, 0.25) is 11.8 Å². The molecular weight excluding hydrogens is 582 g/mol. The largest absolute Gasteiger partial charge is 0.379 e. The van der Waals surface area contributed by atoms with Crippen LogP contribution in [0.3, 0.4) is 0 Å². The third-order valence-electron chi connectivity index (χ3n) is 9.71. The van der Waals surface area contributed by atoms with Crippen molar-refractivity contribution in [3.05, 3.63) is 92.9 Å². The molecule has 10 heteroatoms. The molecule has 10 nitrogen and oxygen atoms in total. The van der Waals surface area contributed by atoms with Crippen LogP contribution in [0.25, 0.3) is 6.08 Å². The summed E-state index contributed by atoms with van der Waals surface area (Å²) in [5.74, 6) is -0.0801. The zero-order valence-electron chi connectivity index (χ0n) is 26.4. The topological polar surface area (TPSA) is 123 Å². The van der Waals surface area contributed by atoms with E-state index in [1.807, 2.05) is 12.3 Å². The van der Waals surface area contributed by atoms with Crippen LogP contribution in [0.5, 0.6) is 0 Å². The predicted octanol–water partition coefficient (Wildman–Crippen LogP) is 3.12. The van der Waals surface area contributed by atoms with Crippen LogP contribution in [0.15, 0.2) is 42.7 Å². The van der Waals surface area contributed by atoms with Gasteiger partial charge in [0.15, 0.2) is 0 Å². The summed E-state index contributed by atoms with van der Waals surface area (Å²) in [6.07, 6.45) is 11.3. The zero-order valence-corrected chi connectivity index (χ0v) is 26.4. The van der Waals surface area contributed by atoms with Gasteiger partial charge in [-0.25, -0.2) is 4.98 Å². The summed E-state index contributed by atoms with van der Waals surface area (Å²) in [5, 5.41) is 6.00. The van der Waals surface area contributed by atoms with Crippen LogP contribution in [0.2, 0.25) is 0 Å². The lowest BCUT2D eigenvalue weighted by Gasteiger charge is -2.25. The Morgan fingerprint density at radius 2 is 1.85 bits per heavy atom. The maximum atomic E-state index is 13.8. The number of amides is 3. The number of nitrogens with zero attached hydrogens (tertiary/aromatic N) is 3. The molecule has 5 bridgehead atoms. The highest BCUT2D eigenvalue weighted by molar-refractivity contribution is 6.06. The summed E-state index contributed by atoms with van der Waals surface area (Å²) in [5.41, 5.74) is 7.75. The van der Waals surface area contributed by atoms with E-state index in [1.54, 1.807) is 18.1 Å². The van der Waals surface area contributed by atoms with Crippen LogP contribution in [-0.2, 0) is 56.6 Å². The normalized spacial score (nSPS) is 23.1. The fraction of sp³-hybridized carbons (Fsp3) is 0.417. The number of nitrogens with one attached hydrogen (secondary N) is 2. The van der Waals surface area contributed by atoms with E-state index in [0.717, 1.165) is 52.8 Å². The van der Waals surface area contributed by atoms with Crippen molar-refractivity contribution in [1.29, 1.82) is 0 Å². The van der Waals surface area contributed by atoms with Gasteiger partial charge in [-0.1, -0.05) is 24.3 Å². The van der Waals surface area contributed by atoms with Crippen LogP contribution >= 0.6 is 0 Å². The number of aromatic nitrogens is 2. The molecule has 2 N–H and O–H groups in total. The molecule has 1 aromatic carbocycles. The summed E-state index contributed by atoms with van der Waals surface area (Å²) < 4.78 is 11.5. The van der Waals surface area contributed by atoms with E-state index in [4.69, 9.17) is 9.47 Å². The molecule has 0 radical (unpaired) electrons. The minimum atomic E-state index is -0.811. The van der Waals surface area contributed by atoms with Gasteiger partial charge in [-0.05, 0) is 78.1 Å². The Bertz CT molecular complexity index is 1750. The summed E-state index contributed by atoms with van der Waals surface area (Å²) in [7, 11) is 1.73. The van der Waals surface area contributed by atoms with Gasteiger partial charge in [0, 0.05) is 56.7 Å². The Hall–Kier alpha value is -4.41. The summed E-state index contributed by atoms with van der Waals surface area (Å²) in [6, 6.07) is 7.33. The predicted molar refractivity (Wildman–Crippen MR) is 173 cm³/mol. The van der Waals surface area contributed by atoms with Crippen LogP contribution in [0.4, 0.5) is 5.82 Å². The molecule has 7 rings (SSSR count). The first-order valence-corrected chi connectivity index (χ1v) is 16.1. The minimum absolute atomic E-state index is 0.0953. The quantitative estimate of drug-likeness (QED) is 0.451. The van der Waals surface area contributed by atoms with E-state index in [2.05, 4.69) is 57.9 Å². The first-order chi connectivity index (χ1) is 22.3. The SMILES string of the molecule is Cc1cc(CC2NC(=O)c3cnc4c(c3)C[C@@]3(C4)C(=O)Nc4ncc(cc43)CCCOCCOCCN(C)C2=O)cc2c1CC=C2. The van der Waals surface area contributed by atoms with Gasteiger partial charge in [0.05, 0.1) is 30.8 Å². The van der Waals surface area contributed by atoms with Gasteiger partial charge >= 0.3 is 0 Å². The first-order valence-electron chi connectivity index (χ1n) is 16.1. The molecule has 238 valence electrons. The van der Waals surface area contributed by atoms with Crippen molar-refractivity contribution in [1.82, 2.24) is 20.2 Å². The number of hydrogen-bond acceptors (Lipinski definition) is 7. The number of benzene rings is 1. The Kier molecular flexibility index (Phi) is 8.16. The van der Waals surface area contributed by atoms with E-state index in [1.165, 1.54) is 11.1 Å². The van der Waals surface area contributed by atoms with E-state index < -0.39 is 11.5 Å². The second-order valence-electron chi connectivity index (χ2n) is 12.9. The molecule has 0 saturated carbocycles. The third-order valence-corrected chi connectivity index (χ3v) is 9.71. The van der Waals surface area contributed by atoms with Gasteiger partial charge in [0.1, 0.15) is 11.9 Å². The Morgan fingerprint density at radius 3 is 2.72 bits per heavy atom. The molecule has 2 aliphatic heterocycles. The fourth-order valence-corrected chi connectivity index (χ4v) is 7.18. The molecule has 0 fully saturated rings. The maximum absolute atomic E-state index is 13.8. The molecule has 2 aliphatic carbocycles. The molecule has 2 atom stereocenters. The highest BCUT2D eigenvalue weighted by Gasteiger charge is 2.52. The van der Waals surface area contributed by atoms with Crippen molar-refractivity contribution in [3.63, 3.8) is 0 Å². The number of likely N-dealkylation sites (N-methyl/N-ethyl adjacent to an activating group) is 1. The number of rotatable bonds is 2. The van der Waals surface area contributed by atoms with Crippen LogP contribution in [-0.4, -0.2) is 78.7 Å². The summed E-state index contributed by atoms with van der Waals surface area (Å²) >= 11 is 0. The monoisotopic (exact) mass is 621 g/mol. The Balaban J connectivity index is 1.18. The van der Waals surface area contributed by atoms with Gasteiger partial charge in [-0.3, -0.25) is 19.4 Å². The fourth-order valence-electron chi connectivity index (χ4n) is 7.18. The zero-order chi connectivity index (χ0) is 31.8. The standard InChI is InChI=1S/C36H39N5O5/c1-22-13-24(14-25-6-3-7-28(22)25)16-30-34(43)41(2)8-10-46-12-11-45-9-4-5-23-15-29-32(38-20-23)40-35(44)36(29)18-26-17-27(33(42)39-30)21-37-31(26)19-36/h3,6,13-15,17,20-21,30H,4-5,7-12,16,18-19H2,1-2H3,(H,39,42)(H,38,40,44)/t30?,36-/m0/s1. The molecule has 3 aromatic rings. The van der Waals surface area contributed by atoms with Crippen molar-refractivity contribution in [2.24, 2.45) is 0 Å². The van der Waals surface area contributed by atoms with E-state index in [0.29, 0.717) is 63.6 Å². The van der Waals surface area contributed by atoms with E-state index >= 15 is 0 Å². The van der Waals surface area contributed by atoms with Gasteiger partial charge in [-0.2, -0.15) is 0 Å². The van der Waals surface area contributed by atoms with Gasteiger partial charge < -0.3 is 25.0 Å². The summed E-state index contributed by atoms with van der Waals surface area (Å²) in [4.78, 5) is 51.9. The van der Waals surface area contributed by atoms with Crippen molar-refractivity contribution in [2.45, 2.75) is 56.9 Å². The number of carbonyl (C=O) groups excluding carboxylic acids is 3. The highest BCUT2D eigenvalue weighted by atomic mass is 16.5. The number of fused-ring (bicyclic) bond motifs is 3. The van der Waals surface area contributed by atoms with Crippen LogP contribution in [0, 0.1) is 6.92 Å². The van der Waals surface area contributed by atoms with Crippen molar-refractivity contribution >= 4 is 29.6 Å². The number of anilines is 1. The summed E-state index contributed by atoms with van der Waals surface area (Å²) in [6.45, 7) is 4.29. The smallest absolute Gasteiger partial charge is 0.253 e. The van der Waals surface area contributed by atoms with Crippen LogP contribution in [0.1, 0.15) is 61.4 Å². The molecule has 4 heterocycles. The average Bonchev–Trinajstić information content (AvgIpc) is 3.75. The number of aryl methyl sites for hydroxylation is 2. The molecule has 1 spiro atoms. The van der Waals surface area contributed by atoms with Crippen LogP contribution < -0.4 is 10.6 Å². The lowest BCUT2D eigenvalue weighted by atomic mass is 9.79. The molecule has 4 aliphatic rings.